The number of hydrogen-bond acceptors (Lipinski definition) is 8. The Kier molecular flexibility index (Phi) is 14.4. The molecule has 0 aromatic heterocycles. The highest BCUT2D eigenvalue weighted by Gasteiger charge is 2.78. The van der Waals surface area contributed by atoms with E-state index in [1.54, 1.807) is 0 Å². The average molecular weight is 893 g/mol. The summed E-state index contributed by atoms with van der Waals surface area (Å²) in [6.07, 6.45) is 13.3. The first-order valence-electron chi connectivity index (χ1n) is 23.7. The molecule has 2 heterocycles. The molecule has 2 saturated heterocycles. The summed E-state index contributed by atoms with van der Waals surface area (Å²) in [5.74, 6) is -0.0987. The van der Waals surface area contributed by atoms with Gasteiger partial charge in [0.15, 0.2) is 11.4 Å². The Morgan fingerprint density at radius 3 is 2.30 bits per heavy atom. The Morgan fingerprint density at radius 2 is 1.69 bits per heavy atom. The molecular formula is C47H78ClN5O7S. The van der Waals surface area contributed by atoms with Crippen LogP contribution in [0.5, 0.6) is 0 Å². The van der Waals surface area contributed by atoms with Gasteiger partial charge in [-0.15, -0.1) is 0 Å². The number of halogens is 1. The molecule has 0 aromatic rings. The fraction of sp³-hybridized carbons (Fsp3) is 0.851. The van der Waals surface area contributed by atoms with Crippen molar-refractivity contribution in [1.82, 2.24) is 25.2 Å². The van der Waals surface area contributed by atoms with E-state index in [-0.39, 0.29) is 69.6 Å². The van der Waals surface area contributed by atoms with Crippen molar-refractivity contribution in [2.24, 2.45) is 28.6 Å². The van der Waals surface area contributed by atoms with Gasteiger partial charge in [0.1, 0.15) is 5.60 Å². The lowest BCUT2D eigenvalue weighted by atomic mass is 9.54. The van der Waals surface area contributed by atoms with E-state index >= 15 is 9.59 Å². The summed E-state index contributed by atoms with van der Waals surface area (Å²) in [5.41, 5.74) is -2.63. The van der Waals surface area contributed by atoms with E-state index in [4.69, 9.17) is 21.1 Å². The molecule has 10 atom stereocenters. The zero-order chi connectivity index (χ0) is 44.9. The van der Waals surface area contributed by atoms with Crippen molar-refractivity contribution in [1.29, 1.82) is 0 Å². The van der Waals surface area contributed by atoms with Gasteiger partial charge in [0.25, 0.3) is 5.91 Å². The number of hydrogen-bond donors (Lipinski definition) is 3. The molecule has 3 amide bonds. The lowest BCUT2D eigenvalue weighted by Gasteiger charge is -2.53. The van der Waals surface area contributed by atoms with E-state index in [0.717, 1.165) is 70.8 Å². The number of amides is 3. The van der Waals surface area contributed by atoms with Crippen LogP contribution in [-0.4, -0.2) is 103 Å². The standard InChI is InChI=1S/C47H78ClN5O7S/c1-12-33-40(48)36(54)29-39(51-41(55)45(15-4)46(60-45)24-23-31(43(7,8)13-2)28-38(46)44(9,10)14-3)47(33)53(42(56)50-34-19-17-18-20-37(34)59-47)35-22-21-32(27-30(35)6)52(16-5)26-25-49-61(11,57)58/h29-32,34-35,37-38,49H,12-28H2,1-11H3,(H,50,56)(H,51,55). The first-order valence-corrected chi connectivity index (χ1v) is 26.0. The maximum absolute atomic E-state index is 15.4. The van der Waals surface area contributed by atoms with Crippen molar-refractivity contribution < 1.29 is 32.3 Å². The number of ether oxygens (including phenoxy) is 2. The van der Waals surface area contributed by atoms with Gasteiger partial charge >= 0.3 is 6.03 Å². The molecule has 2 aliphatic heterocycles. The van der Waals surface area contributed by atoms with Crippen molar-refractivity contribution >= 4 is 39.3 Å². The summed E-state index contributed by atoms with van der Waals surface area (Å²) < 4.78 is 40.8. The van der Waals surface area contributed by atoms with E-state index in [9.17, 15) is 13.2 Å². The molecule has 61 heavy (non-hydrogen) atoms. The SMILES string of the molecule is CCC1=C(Cl)C(=O)C=C(NC(=O)C2(CC)OC23CCC(C(C)(C)CC)CC3C(C)(C)CC)C12OC1CCCCC1NC(=O)N2C1CCC(N(CC)CCNS(C)(=O)=O)CC1C. The molecule has 0 radical (unpaired) electrons. The second-order valence-electron chi connectivity index (χ2n) is 20.7. The van der Waals surface area contributed by atoms with Crippen LogP contribution in [0.25, 0.3) is 0 Å². The van der Waals surface area contributed by atoms with Gasteiger partial charge in [-0.2, -0.15) is 0 Å². The molecule has 5 fully saturated rings. The van der Waals surface area contributed by atoms with Crippen molar-refractivity contribution in [3.8, 4) is 0 Å². The van der Waals surface area contributed by atoms with Crippen LogP contribution in [0.4, 0.5) is 4.79 Å². The summed E-state index contributed by atoms with van der Waals surface area (Å²) in [6, 6.07) is -0.689. The highest BCUT2D eigenvalue weighted by atomic mass is 35.5. The molecule has 6 rings (SSSR count). The second-order valence-corrected chi connectivity index (χ2v) is 22.9. The number of nitrogens with one attached hydrogen (secondary N) is 3. The number of ketones is 1. The van der Waals surface area contributed by atoms with Gasteiger partial charge in [0.05, 0.1) is 29.1 Å². The van der Waals surface area contributed by atoms with E-state index in [1.807, 2.05) is 18.7 Å². The van der Waals surface area contributed by atoms with Gasteiger partial charge in [-0.05, 0) is 99.3 Å². The van der Waals surface area contributed by atoms with Gasteiger partial charge < -0.3 is 20.1 Å². The Balaban J connectivity index is 1.40. The van der Waals surface area contributed by atoms with E-state index in [2.05, 4.69) is 75.6 Å². The Labute approximate surface area is 372 Å². The van der Waals surface area contributed by atoms with E-state index < -0.39 is 32.7 Å². The zero-order valence-electron chi connectivity index (χ0n) is 39.2. The van der Waals surface area contributed by atoms with Crippen LogP contribution in [-0.2, 0) is 29.1 Å². The summed E-state index contributed by atoms with van der Waals surface area (Å²) >= 11 is 7.09. The number of nitrogens with zero attached hydrogens (tertiary/aromatic N) is 2. The normalized spacial score (nSPS) is 36.2. The highest BCUT2D eigenvalue weighted by molar-refractivity contribution is 7.88. The Morgan fingerprint density at radius 1 is 1.00 bits per heavy atom. The van der Waals surface area contributed by atoms with Crippen LogP contribution in [0.3, 0.4) is 0 Å². The maximum atomic E-state index is 15.4. The number of sulfonamides is 1. The third-order valence-corrected chi connectivity index (χ3v) is 18.0. The van der Waals surface area contributed by atoms with Crippen molar-refractivity contribution in [2.75, 3.05) is 25.9 Å². The molecule has 0 bridgehead atoms. The smallest absolute Gasteiger partial charge is 0.320 e. The van der Waals surface area contributed by atoms with Crippen LogP contribution in [0.2, 0.25) is 0 Å². The van der Waals surface area contributed by atoms with Gasteiger partial charge in [0.2, 0.25) is 15.7 Å². The molecule has 4 aliphatic carbocycles. The number of rotatable bonds is 15. The second kappa shape index (κ2) is 18.1. The predicted octanol–water partition coefficient (Wildman–Crippen LogP) is 8.16. The largest absolute Gasteiger partial charge is 0.352 e. The molecule has 12 nitrogen and oxygen atoms in total. The quantitative estimate of drug-likeness (QED) is 0.140. The average Bonchev–Trinajstić information content (AvgIpc) is 3.89. The summed E-state index contributed by atoms with van der Waals surface area (Å²) in [5, 5.41) is 6.73. The van der Waals surface area contributed by atoms with E-state index in [0.29, 0.717) is 50.3 Å². The van der Waals surface area contributed by atoms with Crippen LogP contribution in [0, 0.1) is 28.6 Å². The predicted molar refractivity (Wildman–Crippen MR) is 241 cm³/mol. The number of epoxide rings is 1. The minimum absolute atomic E-state index is 0.0231. The Bertz CT molecular complexity index is 1850. The minimum Gasteiger partial charge on any atom is -0.352 e. The van der Waals surface area contributed by atoms with E-state index in [1.165, 1.54) is 12.3 Å². The minimum atomic E-state index is -3.32. The van der Waals surface area contributed by atoms with Gasteiger partial charge in [-0.25, -0.2) is 17.9 Å². The van der Waals surface area contributed by atoms with Gasteiger partial charge in [-0.1, -0.05) is 107 Å². The van der Waals surface area contributed by atoms with Crippen LogP contribution >= 0.6 is 11.6 Å². The van der Waals surface area contributed by atoms with Crippen molar-refractivity contribution in [3.63, 3.8) is 0 Å². The highest BCUT2D eigenvalue weighted by Crippen LogP contribution is 2.67. The molecule has 3 saturated carbocycles. The van der Waals surface area contributed by atoms with Crippen molar-refractivity contribution in [2.45, 2.75) is 200 Å². The monoisotopic (exact) mass is 892 g/mol. The van der Waals surface area contributed by atoms with Gasteiger partial charge in [0, 0.05) is 36.8 Å². The fourth-order valence-electron chi connectivity index (χ4n) is 12.4. The lowest BCUT2D eigenvalue weighted by molar-refractivity contribution is -0.153. The number of carbonyl (C=O) groups excluding carboxylic acids is 3. The molecule has 10 unspecified atom stereocenters. The number of urea groups is 1. The summed E-state index contributed by atoms with van der Waals surface area (Å²) in [7, 11) is -3.32. The molecule has 0 aromatic carbocycles. The lowest BCUT2D eigenvalue weighted by Crippen LogP contribution is -2.67. The molecule has 14 heteroatoms. The van der Waals surface area contributed by atoms with Gasteiger partial charge in [-0.3, -0.25) is 19.4 Å². The topological polar surface area (TPSA) is 150 Å². The molecule has 6 aliphatic rings. The first-order chi connectivity index (χ1) is 28.6. The van der Waals surface area contributed by atoms with Crippen molar-refractivity contribution in [3.05, 3.63) is 22.4 Å². The summed E-state index contributed by atoms with van der Waals surface area (Å²) in [4.78, 5) is 48.7. The first kappa shape index (κ1) is 48.4. The summed E-state index contributed by atoms with van der Waals surface area (Å²) in [6.45, 7) is 23.7. The molecular weight excluding hydrogens is 814 g/mol. The number of carbonyl (C=O) groups is 3. The fourth-order valence-corrected chi connectivity index (χ4v) is 13.2. The molecule has 3 N–H and O–H groups in total. The molecule has 346 valence electrons. The zero-order valence-corrected chi connectivity index (χ0v) is 40.8. The maximum Gasteiger partial charge on any atom is 0.320 e. The molecule has 2 spiro atoms. The third-order valence-electron chi connectivity index (χ3n) is 16.8. The van der Waals surface area contributed by atoms with Crippen LogP contribution < -0.4 is 15.4 Å². The number of fused-ring (bicyclic) bond motifs is 1. The van der Waals surface area contributed by atoms with Crippen LogP contribution in [0.1, 0.15) is 159 Å². The Hall–Kier alpha value is -2.03. The van der Waals surface area contributed by atoms with Crippen LogP contribution in [0.15, 0.2) is 22.4 Å². The third kappa shape index (κ3) is 8.76. The number of likely N-dealkylation sites (N-methyl/N-ethyl adjacent to an activating group) is 1. The number of allylic oxidation sites excluding steroid dienone is 2.